The maximum absolute atomic E-state index is 12.6. The summed E-state index contributed by atoms with van der Waals surface area (Å²) in [5.74, 6) is -0.330. The number of hydrogen-bond donors (Lipinski definition) is 2. The minimum absolute atomic E-state index is 0.167. The maximum Gasteiger partial charge on any atom is 0.410 e. The molecule has 4 rings (SSSR count). The number of benzene rings is 2. The summed E-state index contributed by atoms with van der Waals surface area (Å²) in [5, 5.41) is 18.2. The summed E-state index contributed by atoms with van der Waals surface area (Å²) in [6.45, 7) is 6.26. The zero-order chi connectivity index (χ0) is 27.5. The van der Waals surface area contributed by atoms with Crippen molar-refractivity contribution in [3.63, 3.8) is 0 Å². The molecule has 1 saturated heterocycles. The van der Waals surface area contributed by atoms with E-state index >= 15 is 0 Å². The quantitative estimate of drug-likeness (QED) is 0.418. The lowest BCUT2D eigenvalue weighted by Crippen LogP contribution is -2.49. The standard InChI is InChI=1S/C28H31ClN6O3/c1-27(2,3)38-26(37)34-15-12-28(11-14-30,13-16-34)35-18-23(24(31)36)25(33-35)32-22-6-4-5-20(17-22)19-7-9-21(29)10-8-19/h4-10,17-18H,11-13,15-16H2,1-3H3,(H2,31,36)(H,32,33). The zero-order valence-electron chi connectivity index (χ0n) is 21.7. The number of rotatable bonds is 6. The third-order valence-electron chi connectivity index (χ3n) is 6.52. The number of halogens is 1. The van der Waals surface area contributed by atoms with Gasteiger partial charge in [-0.2, -0.15) is 10.4 Å². The van der Waals surface area contributed by atoms with Crippen LogP contribution in [-0.4, -0.2) is 45.4 Å². The Bertz CT molecular complexity index is 1360. The molecule has 38 heavy (non-hydrogen) atoms. The third-order valence-corrected chi connectivity index (χ3v) is 6.77. The number of nitrogens with two attached hydrogens (primary N) is 1. The average Bonchev–Trinajstić information content (AvgIpc) is 3.29. The number of nitrogens with one attached hydrogen (secondary N) is 1. The average molecular weight is 535 g/mol. The fourth-order valence-corrected chi connectivity index (χ4v) is 4.64. The van der Waals surface area contributed by atoms with Gasteiger partial charge in [-0.15, -0.1) is 0 Å². The largest absolute Gasteiger partial charge is 0.444 e. The predicted molar refractivity (Wildman–Crippen MR) is 146 cm³/mol. The molecular formula is C28H31ClN6O3. The van der Waals surface area contributed by atoms with E-state index in [0.717, 1.165) is 16.8 Å². The van der Waals surface area contributed by atoms with Gasteiger partial charge in [-0.1, -0.05) is 35.9 Å². The molecule has 1 fully saturated rings. The Balaban J connectivity index is 1.59. The first-order chi connectivity index (χ1) is 18.0. The fraction of sp³-hybridized carbons (Fsp3) is 0.357. The highest BCUT2D eigenvalue weighted by Crippen LogP contribution is 2.36. The summed E-state index contributed by atoms with van der Waals surface area (Å²) in [5.41, 5.74) is 7.31. The first-order valence-electron chi connectivity index (χ1n) is 12.4. The van der Waals surface area contributed by atoms with Gasteiger partial charge in [0.25, 0.3) is 5.91 Å². The van der Waals surface area contributed by atoms with E-state index in [2.05, 4.69) is 16.5 Å². The number of carbonyl (C=O) groups excluding carboxylic acids is 2. The number of nitrogens with zero attached hydrogens (tertiary/aromatic N) is 4. The molecule has 3 N–H and O–H groups in total. The van der Waals surface area contributed by atoms with Crippen molar-refractivity contribution in [2.24, 2.45) is 5.73 Å². The van der Waals surface area contributed by atoms with Crippen LogP contribution in [0.15, 0.2) is 54.7 Å². The molecular weight excluding hydrogens is 504 g/mol. The van der Waals surface area contributed by atoms with Gasteiger partial charge >= 0.3 is 6.09 Å². The molecule has 10 heteroatoms. The second kappa shape index (κ2) is 10.8. The van der Waals surface area contributed by atoms with Crippen LogP contribution < -0.4 is 11.1 Å². The van der Waals surface area contributed by atoms with Gasteiger partial charge in [0.2, 0.25) is 0 Å². The summed E-state index contributed by atoms with van der Waals surface area (Å²) < 4.78 is 7.16. The maximum atomic E-state index is 12.6. The van der Waals surface area contributed by atoms with Crippen molar-refractivity contribution >= 4 is 35.1 Å². The normalized spacial score (nSPS) is 15.0. The van der Waals surface area contributed by atoms with Crippen LogP contribution in [0.25, 0.3) is 11.1 Å². The lowest BCUT2D eigenvalue weighted by molar-refractivity contribution is 0.0105. The van der Waals surface area contributed by atoms with Crippen LogP contribution in [0.4, 0.5) is 16.3 Å². The van der Waals surface area contributed by atoms with Crippen LogP contribution in [0.2, 0.25) is 5.02 Å². The fourth-order valence-electron chi connectivity index (χ4n) is 4.51. The van der Waals surface area contributed by atoms with Crippen molar-refractivity contribution in [2.45, 2.75) is 51.2 Å². The molecule has 1 aliphatic heterocycles. The van der Waals surface area contributed by atoms with E-state index in [9.17, 15) is 14.9 Å². The van der Waals surface area contributed by atoms with Gasteiger partial charge in [-0.3, -0.25) is 9.48 Å². The summed E-state index contributed by atoms with van der Waals surface area (Å²) in [4.78, 5) is 26.5. The molecule has 1 aliphatic rings. The van der Waals surface area contributed by atoms with Gasteiger partial charge in [-0.25, -0.2) is 4.79 Å². The molecule has 9 nitrogen and oxygen atoms in total. The monoisotopic (exact) mass is 534 g/mol. The summed E-state index contributed by atoms with van der Waals surface area (Å²) >= 11 is 6.02. The Kier molecular flexibility index (Phi) is 7.65. The molecule has 3 aromatic rings. The van der Waals surface area contributed by atoms with E-state index in [0.29, 0.717) is 36.8 Å². The van der Waals surface area contributed by atoms with Gasteiger partial charge in [-0.05, 0) is 69.0 Å². The Morgan fingerprint density at radius 1 is 1.16 bits per heavy atom. The van der Waals surface area contributed by atoms with E-state index in [1.54, 1.807) is 15.8 Å². The number of anilines is 2. The number of piperidine rings is 1. The molecule has 1 aromatic heterocycles. The van der Waals surface area contributed by atoms with Crippen LogP contribution >= 0.6 is 11.6 Å². The lowest BCUT2D eigenvalue weighted by Gasteiger charge is -2.40. The molecule has 0 spiro atoms. The molecule has 2 amide bonds. The number of nitriles is 1. The molecule has 2 heterocycles. The lowest BCUT2D eigenvalue weighted by atomic mass is 9.85. The number of ether oxygens (including phenoxy) is 1. The van der Waals surface area contributed by atoms with Gasteiger partial charge in [0, 0.05) is 30.0 Å². The summed E-state index contributed by atoms with van der Waals surface area (Å²) in [7, 11) is 0. The molecule has 0 atom stereocenters. The van der Waals surface area contributed by atoms with Crippen molar-refractivity contribution in [1.82, 2.24) is 14.7 Å². The topological polar surface area (TPSA) is 126 Å². The highest BCUT2D eigenvalue weighted by molar-refractivity contribution is 6.30. The first-order valence-corrected chi connectivity index (χ1v) is 12.8. The number of carbonyl (C=O) groups is 2. The Hall–Kier alpha value is -4.03. The van der Waals surface area contributed by atoms with Crippen molar-refractivity contribution in [3.8, 4) is 17.2 Å². The second-order valence-corrected chi connectivity index (χ2v) is 10.9. The van der Waals surface area contributed by atoms with Crippen LogP contribution in [-0.2, 0) is 10.3 Å². The highest BCUT2D eigenvalue weighted by atomic mass is 35.5. The van der Waals surface area contributed by atoms with Crippen molar-refractivity contribution in [2.75, 3.05) is 18.4 Å². The molecule has 0 saturated carbocycles. The van der Waals surface area contributed by atoms with Gasteiger partial charge < -0.3 is 20.7 Å². The molecule has 198 valence electrons. The second-order valence-electron chi connectivity index (χ2n) is 10.4. The zero-order valence-corrected chi connectivity index (χ0v) is 22.5. The smallest absolute Gasteiger partial charge is 0.410 e. The highest BCUT2D eigenvalue weighted by Gasteiger charge is 2.40. The Morgan fingerprint density at radius 3 is 2.45 bits per heavy atom. The van der Waals surface area contributed by atoms with Crippen molar-refractivity contribution in [1.29, 1.82) is 5.26 Å². The Labute approximate surface area is 227 Å². The third kappa shape index (κ3) is 6.09. The number of hydrogen-bond acceptors (Lipinski definition) is 6. The van der Waals surface area contributed by atoms with Crippen LogP contribution in [0.1, 0.15) is 50.4 Å². The van der Waals surface area contributed by atoms with Crippen molar-refractivity contribution in [3.05, 3.63) is 65.3 Å². The molecule has 2 aromatic carbocycles. The van der Waals surface area contributed by atoms with Crippen LogP contribution in [0.3, 0.4) is 0 Å². The van der Waals surface area contributed by atoms with E-state index in [1.807, 2.05) is 69.3 Å². The van der Waals surface area contributed by atoms with Gasteiger partial charge in [0.1, 0.15) is 11.2 Å². The number of primary amides is 1. The molecule has 0 radical (unpaired) electrons. The van der Waals surface area contributed by atoms with E-state index in [1.165, 1.54) is 0 Å². The summed E-state index contributed by atoms with van der Waals surface area (Å²) in [6.07, 6.45) is 2.33. The number of aromatic nitrogens is 2. The van der Waals surface area contributed by atoms with E-state index in [-0.39, 0.29) is 18.1 Å². The summed E-state index contributed by atoms with van der Waals surface area (Å²) in [6, 6.07) is 17.5. The van der Waals surface area contributed by atoms with Crippen LogP contribution in [0.5, 0.6) is 0 Å². The van der Waals surface area contributed by atoms with Crippen LogP contribution in [0, 0.1) is 11.3 Å². The minimum Gasteiger partial charge on any atom is -0.444 e. The molecule has 0 unspecified atom stereocenters. The van der Waals surface area contributed by atoms with Crippen molar-refractivity contribution < 1.29 is 14.3 Å². The van der Waals surface area contributed by atoms with Gasteiger partial charge in [0.05, 0.1) is 18.0 Å². The molecule has 0 aliphatic carbocycles. The van der Waals surface area contributed by atoms with E-state index < -0.39 is 17.0 Å². The number of amides is 2. The predicted octanol–water partition coefficient (Wildman–Crippen LogP) is 5.69. The van der Waals surface area contributed by atoms with E-state index in [4.69, 9.17) is 22.1 Å². The van der Waals surface area contributed by atoms with Gasteiger partial charge in [0.15, 0.2) is 5.82 Å². The minimum atomic E-state index is -0.692. The first kappa shape index (κ1) is 27.0. The SMILES string of the molecule is CC(C)(C)OC(=O)N1CCC(CC#N)(n2cc(C(N)=O)c(Nc3cccc(-c4ccc(Cl)cc4)c3)n2)CC1. The number of likely N-dealkylation sites (tertiary alicyclic amines) is 1. The molecule has 0 bridgehead atoms. The Morgan fingerprint density at radius 2 is 1.84 bits per heavy atom.